The lowest BCUT2D eigenvalue weighted by molar-refractivity contribution is 0.0997. The maximum atomic E-state index is 14.5. The van der Waals surface area contributed by atoms with Gasteiger partial charge in [0.2, 0.25) is 0 Å². The highest BCUT2D eigenvalue weighted by Gasteiger charge is 2.41. The van der Waals surface area contributed by atoms with Gasteiger partial charge in [-0.1, -0.05) is 13.8 Å². The minimum absolute atomic E-state index is 0.152. The van der Waals surface area contributed by atoms with E-state index in [0.29, 0.717) is 23.4 Å². The Hall–Kier alpha value is -2.82. The number of aliphatic hydroxyl groups excluding tert-OH is 1. The number of ether oxygens (including phenoxy) is 1. The molecule has 2 N–H and O–H groups in total. The van der Waals surface area contributed by atoms with Crippen molar-refractivity contribution >= 4 is 11.6 Å². The molecule has 0 saturated carbocycles. The highest BCUT2D eigenvalue weighted by atomic mass is 19.1. The summed E-state index contributed by atoms with van der Waals surface area (Å²) in [5.41, 5.74) is 0.632. The van der Waals surface area contributed by atoms with Crippen LogP contribution in [0.1, 0.15) is 35.5 Å². The molecule has 2 unspecified atom stereocenters. The fourth-order valence-electron chi connectivity index (χ4n) is 3.32. The molecule has 1 aromatic heterocycles. The van der Waals surface area contributed by atoms with Crippen LogP contribution in [0, 0.1) is 23.1 Å². The summed E-state index contributed by atoms with van der Waals surface area (Å²) in [6.45, 7) is 4.28. The molecule has 7 heteroatoms. The van der Waals surface area contributed by atoms with Crippen LogP contribution in [0.15, 0.2) is 36.5 Å². The average molecular weight is 369 g/mol. The quantitative estimate of drug-likeness (QED) is 0.864. The van der Waals surface area contributed by atoms with E-state index in [4.69, 9.17) is 10.00 Å². The van der Waals surface area contributed by atoms with Crippen LogP contribution in [0.5, 0.6) is 0 Å². The third-order valence-corrected chi connectivity index (χ3v) is 5.02. The molecule has 1 aliphatic heterocycles. The van der Waals surface area contributed by atoms with E-state index < -0.39 is 23.2 Å². The summed E-state index contributed by atoms with van der Waals surface area (Å²) in [5, 5.41) is 21.6. The second-order valence-corrected chi connectivity index (χ2v) is 7.13. The first-order valence-electron chi connectivity index (χ1n) is 8.56. The first-order valence-corrected chi connectivity index (χ1v) is 8.56. The van der Waals surface area contributed by atoms with E-state index >= 15 is 0 Å². The minimum atomic E-state index is -0.687. The monoisotopic (exact) mass is 369 g/mol. The molecule has 1 aromatic carbocycles. The van der Waals surface area contributed by atoms with Crippen LogP contribution in [0.4, 0.5) is 10.1 Å². The Balaban J connectivity index is 1.84. The summed E-state index contributed by atoms with van der Waals surface area (Å²) in [6, 6.07) is 9.23. The van der Waals surface area contributed by atoms with Gasteiger partial charge in [-0.2, -0.15) is 5.26 Å². The molecule has 0 bridgehead atoms. The number of halogens is 1. The number of nitrogens with one attached hydrogen (secondary N) is 1. The molecule has 0 radical (unpaired) electrons. The molecule has 2 heterocycles. The molecule has 0 spiro atoms. The summed E-state index contributed by atoms with van der Waals surface area (Å²) < 4.78 is 19.8. The summed E-state index contributed by atoms with van der Waals surface area (Å²) in [5.74, 6) is -1.12. The topological polar surface area (TPSA) is 95.2 Å². The highest BCUT2D eigenvalue weighted by Crippen LogP contribution is 2.39. The largest absolute Gasteiger partial charge is 0.390 e. The normalized spacial score (nSPS) is 19.5. The van der Waals surface area contributed by atoms with Crippen LogP contribution >= 0.6 is 0 Å². The van der Waals surface area contributed by atoms with Crippen molar-refractivity contribution in [3.05, 3.63) is 59.2 Å². The van der Waals surface area contributed by atoms with Crippen molar-refractivity contribution in [1.29, 1.82) is 5.26 Å². The number of pyridine rings is 1. The fraction of sp³-hybridized carbons (Fsp3) is 0.350. The molecule has 2 aromatic rings. The van der Waals surface area contributed by atoms with Gasteiger partial charge in [0.05, 0.1) is 24.9 Å². The van der Waals surface area contributed by atoms with Gasteiger partial charge in [-0.15, -0.1) is 0 Å². The van der Waals surface area contributed by atoms with Gasteiger partial charge in [0.1, 0.15) is 17.6 Å². The predicted octanol–water partition coefficient (Wildman–Crippen LogP) is 2.63. The average Bonchev–Trinajstić information content (AvgIpc) is 3.10. The number of benzene rings is 1. The predicted molar refractivity (Wildman–Crippen MR) is 96.6 cm³/mol. The van der Waals surface area contributed by atoms with Gasteiger partial charge < -0.3 is 15.2 Å². The SMILES string of the molecule is CC(C)(c1cc(NC(=O)c2ccc(C#N)cn2)ccc1F)C1COCC1O. The Kier molecular flexibility index (Phi) is 5.22. The molecule has 27 heavy (non-hydrogen) atoms. The Morgan fingerprint density at radius 3 is 2.74 bits per heavy atom. The zero-order valence-corrected chi connectivity index (χ0v) is 15.1. The number of nitriles is 1. The lowest BCUT2D eigenvalue weighted by Crippen LogP contribution is -2.37. The van der Waals surface area contributed by atoms with Crippen LogP contribution in [0.2, 0.25) is 0 Å². The van der Waals surface area contributed by atoms with Crippen LogP contribution in [-0.4, -0.2) is 35.3 Å². The van der Waals surface area contributed by atoms with E-state index in [1.54, 1.807) is 6.07 Å². The van der Waals surface area contributed by atoms with Crippen molar-refractivity contribution in [1.82, 2.24) is 4.98 Å². The minimum Gasteiger partial charge on any atom is -0.390 e. The van der Waals surface area contributed by atoms with Gasteiger partial charge in [0.25, 0.3) is 5.91 Å². The van der Waals surface area contributed by atoms with Crippen molar-refractivity contribution in [2.24, 2.45) is 5.92 Å². The zero-order valence-electron chi connectivity index (χ0n) is 15.1. The number of rotatable bonds is 4. The Morgan fingerprint density at radius 1 is 1.37 bits per heavy atom. The van der Waals surface area contributed by atoms with Crippen LogP contribution in [-0.2, 0) is 10.2 Å². The molecule has 1 aliphatic rings. The van der Waals surface area contributed by atoms with Crippen LogP contribution < -0.4 is 5.32 Å². The summed E-state index contributed by atoms with van der Waals surface area (Å²) in [4.78, 5) is 16.3. The van der Waals surface area contributed by atoms with E-state index in [-0.39, 0.29) is 18.2 Å². The van der Waals surface area contributed by atoms with Gasteiger partial charge in [0.15, 0.2) is 0 Å². The number of anilines is 1. The molecule has 1 saturated heterocycles. The maximum absolute atomic E-state index is 14.5. The molecular weight excluding hydrogens is 349 g/mol. The molecule has 1 fully saturated rings. The van der Waals surface area contributed by atoms with E-state index in [1.807, 2.05) is 19.9 Å². The lowest BCUT2D eigenvalue weighted by atomic mass is 9.71. The van der Waals surface area contributed by atoms with Gasteiger partial charge in [-0.05, 0) is 35.9 Å². The third kappa shape index (κ3) is 3.82. The number of aliphatic hydroxyl groups is 1. The van der Waals surface area contributed by atoms with Gasteiger partial charge in [-0.3, -0.25) is 4.79 Å². The van der Waals surface area contributed by atoms with E-state index in [0.717, 1.165) is 0 Å². The number of amides is 1. The van der Waals surface area contributed by atoms with Crippen LogP contribution in [0.3, 0.4) is 0 Å². The smallest absolute Gasteiger partial charge is 0.274 e. The van der Waals surface area contributed by atoms with E-state index in [1.165, 1.54) is 30.5 Å². The maximum Gasteiger partial charge on any atom is 0.274 e. The van der Waals surface area contributed by atoms with Crippen molar-refractivity contribution < 1.29 is 19.0 Å². The highest BCUT2D eigenvalue weighted by molar-refractivity contribution is 6.02. The molecule has 0 aliphatic carbocycles. The first-order chi connectivity index (χ1) is 12.8. The third-order valence-electron chi connectivity index (χ3n) is 5.02. The van der Waals surface area contributed by atoms with E-state index in [9.17, 15) is 14.3 Å². The standard InChI is InChI=1S/C20H20FN3O3/c1-20(2,15-10-27-11-18(15)25)14-7-13(4-5-16(14)21)24-19(26)17-6-3-12(8-22)9-23-17/h3-7,9,15,18,25H,10-11H2,1-2H3,(H,24,26). The summed E-state index contributed by atoms with van der Waals surface area (Å²) in [6.07, 6.45) is 0.649. The molecule has 3 rings (SSSR count). The second-order valence-electron chi connectivity index (χ2n) is 7.13. The van der Waals surface area contributed by atoms with Crippen molar-refractivity contribution in [2.75, 3.05) is 18.5 Å². The number of aromatic nitrogens is 1. The first kappa shape index (κ1) is 19.0. The van der Waals surface area contributed by atoms with Gasteiger partial charge in [0, 0.05) is 23.2 Å². The second kappa shape index (κ2) is 7.43. The molecular formula is C20H20FN3O3. The van der Waals surface area contributed by atoms with Crippen LogP contribution in [0.25, 0.3) is 0 Å². The number of carbonyl (C=O) groups excluding carboxylic acids is 1. The Morgan fingerprint density at radius 2 is 2.15 bits per heavy atom. The molecule has 6 nitrogen and oxygen atoms in total. The summed E-state index contributed by atoms with van der Waals surface area (Å²) in [7, 11) is 0. The Labute approximate surface area is 156 Å². The Bertz CT molecular complexity index is 890. The zero-order chi connectivity index (χ0) is 19.6. The van der Waals surface area contributed by atoms with Crippen molar-refractivity contribution in [3.8, 4) is 6.07 Å². The summed E-state index contributed by atoms with van der Waals surface area (Å²) >= 11 is 0. The molecule has 1 amide bonds. The fourth-order valence-corrected chi connectivity index (χ4v) is 3.32. The number of carbonyl (C=O) groups is 1. The van der Waals surface area contributed by atoms with Crippen molar-refractivity contribution in [2.45, 2.75) is 25.4 Å². The number of hydrogen-bond donors (Lipinski definition) is 2. The van der Waals surface area contributed by atoms with Gasteiger partial charge >= 0.3 is 0 Å². The van der Waals surface area contributed by atoms with Gasteiger partial charge in [-0.25, -0.2) is 9.37 Å². The lowest BCUT2D eigenvalue weighted by Gasteiger charge is -2.33. The number of hydrogen-bond acceptors (Lipinski definition) is 5. The molecule has 2 atom stereocenters. The number of nitrogens with zero attached hydrogens (tertiary/aromatic N) is 2. The van der Waals surface area contributed by atoms with E-state index in [2.05, 4.69) is 10.3 Å². The molecule has 140 valence electrons. The van der Waals surface area contributed by atoms with Crippen molar-refractivity contribution in [3.63, 3.8) is 0 Å².